The molecule has 5 rings (SSSR count). The van der Waals surface area contributed by atoms with Crippen molar-refractivity contribution < 1.29 is 4.74 Å². The molecule has 1 aromatic carbocycles. The molecule has 0 bridgehead atoms. The fourth-order valence-corrected chi connectivity index (χ4v) is 4.52. The van der Waals surface area contributed by atoms with Crippen LogP contribution in [0.15, 0.2) is 48.9 Å². The van der Waals surface area contributed by atoms with Gasteiger partial charge in [-0.25, -0.2) is 4.98 Å². The number of rotatable bonds is 5. The second-order valence-electron chi connectivity index (χ2n) is 8.04. The van der Waals surface area contributed by atoms with E-state index in [9.17, 15) is 0 Å². The van der Waals surface area contributed by atoms with E-state index >= 15 is 0 Å². The molecule has 0 atom stereocenters. The number of ether oxygens (including phenoxy) is 1. The van der Waals surface area contributed by atoms with Gasteiger partial charge in [0, 0.05) is 48.5 Å². The van der Waals surface area contributed by atoms with Crippen molar-refractivity contribution in [1.29, 1.82) is 0 Å². The van der Waals surface area contributed by atoms with Crippen molar-refractivity contribution >= 4 is 28.3 Å². The van der Waals surface area contributed by atoms with Gasteiger partial charge in [0.05, 0.1) is 23.9 Å². The molecule has 160 valence electrons. The van der Waals surface area contributed by atoms with Crippen LogP contribution in [0.3, 0.4) is 0 Å². The number of anilines is 1. The molecule has 1 aliphatic rings. The lowest BCUT2D eigenvalue weighted by atomic mass is 9.93. The van der Waals surface area contributed by atoms with Gasteiger partial charge >= 0.3 is 0 Å². The second-order valence-corrected chi connectivity index (χ2v) is 8.47. The van der Waals surface area contributed by atoms with E-state index in [2.05, 4.69) is 26.1 Å². The van der Waals surface area contributed by atoms with Crippen LogP contribution in [-0.4, -0.2) is 37.7 Å². The molecule has 31 heavy (non-hydrogen) atoms. The molecule has 1 aliphatic carbocycles. The monoisotopic (exact) mass is 436 g/mol. The maximum absolute atomic E-state index is 6.18. The number of halogens is 1. The van der Waals surface area contributed by atoms with E-state index in [1.165, 1.54) is 0 Å². The van der Waals surface area contributed by atoms with Crippen molar-refractivity contribution in [2.45, 2.75) is 37.8 Å². The van der Waals surface area contributed by atoms with E-state index in [0.29, 0.717) is 11.1 Å². The minimum Gasteiger partial charge on any atom is -0.490 e. The first-order valence-electron chi connectivity index (χ1n) is 10.6. The third-order valence-electron chi connectivity index (χ3n) is 5.91. The molecule has 0 unspecified atom stereocenters. The highest BCUT2D eigenvalue weighted by molar-refractivity contribution is 6.30. The van der Waals surface area contributed by atoms with E-state index in [1.807, 2.05) is 57.0 Å². The molecule has 8 heteroatoms. The number of aromatic nitrogens is 5. The third-order valence-corrected chi connectivity index (χ3v) is 6.15. The SMILES string of the molecule is CNc1cc2c(cn1)c(-c1cnn(C)c1)nn2[C@H]1CC[C@@H](Oc2cccc(Cl)c2)CC1. The summed E-state index contributed by atoms with van der Waals surface area (Å²) in [4.78, 5) is 4.52. The molecule has 0 aliphatic heterocycles. The van der Waals surface area contributed by atoms with Crippen LogP contribution in [0.4, 0.5) is 5.82 Å². The lowest BCUT2D eigenvalue weighted by Crippen LogP contribution is -2.26. The van der Waals surface area contributed by atoms with Crippen molar-refractivity contribution in [1.82, 2.24) is 24.5 Å². The van der Waals surface area contributed by atoms with Crippen molar-refractivity contribution in [3.8, 4) is 17.0 Å². The fraction of sp³-hybridized carbons (Fsp3) is 0.348. The van der Waals surface area contributed by atoms with Crippen LogP contribution in [0.1, 0.15) is 31.7 Å². The van der Waals surface area contributed by atoms with Gasteiger partial charge in [-0.2, -0.15) is 10.2 Å². The number of benzene rings is 1. The predicted molar refractivity (Wildman–Crippen MR) is 123 cm³/mol. The van der Waals surface area contributed by atoms with Gasteiger partial charge in [0.2, 0.25) is 0 Å². The number of pyridine rings is 1. The van der Waals surface area contributed by atoms with E-state index in [1.54, 1.807) is 4.68 Å². The van der Waals surface area contributed by atoms with E-state index in [0.717, 1.165) is 59.4 Å². The highest BCUT2D eigenvalue weighted by atomic mass is 35.5. The van der Waals surface area contributed by atoms with Gasteiger partial charge in [-0.3, -0.25) is 9.36 Å². The highest BCUT2D eigenvalue weighted by Crippen LogP contribution is 2.36. The van der Waals surface area contributed by atoms with Gasteiger partial charge in [-0.05, 0) is 43.9 Å². The van der Waals surface area contributed by atoms with E-state index in [-0.39, 0.29) is 6.10 Å². The van der Waals surface area contributed by atoms with Crippen LogP contribution in [0.25, 0.3) is 22.2 Å². The molecular weight excluding hydrogens is 412 g/mol. The van der Waals surface area contributed by atoms with Crippen LogP contribution in [0.2, 0.25) is 5.02 Å². The maximum atomic E-state index is 6.18. The Labute approximate surface area is 186 Å². The Balaban J connectivity index is 1.41. The largest absolute Gasteiger partial charge is 0.490 e. The van der Waals surface area contributed by atoms with Crippen LogP contribution in [0.5, 0.6) is 5.75 Å². The minimum atomic E-state index is 0.198. The smallest absolute Gasteiger partial charge is 0.127 e. The topological polar surface area (TPSA) is 69.8 Å². The third kappa shape index (κ3) is 3.97. The zero-order chi connectivity index (χ0) is 21.4. The Morgan fingerprint density at radius 2 is 1.97 bits per heavy atom. The summed E-state index contributed by atoms with van der Waals surface area (Å²) in [7, 11) is 3.80. The molecule has 0 spiro atoms. The van der Waals surface area contributed by atoms with Gasteiger partial charge in [0.15, 0.2) is 0 Å². The molecule has 3 aromatic heterocycles. The Morgan fingerprint density at radius 3 is 2.68 bits per heavy atom. The summed E-state index contributed by atoms with van der Waals surface area (Å²) in [5.41, 5.74) is 3.02. The number of hydrogen-bond donors (Lipinski definition) is 1. The summed E-state index contributed by atoms with van der Waals surface area (Å²) in [6.45, 7) is 0. The number of nitrogens with zero attached hydrogens (tertiary/aromatic N) is 5. The first kappa shape index (κ1) is 19.9. The van der Waals surface area contributed by atoms with Crippen LogP contribution >= 0.6 is 11.6 Å². The first-order chi connectivity index (χ1) is 15.1. The molecule has 1 N–H and O–H groups in total. The lowest BCUT2D eigenvalue weighted by Gasteiger charge is -2.29. The van der Waals surface area contributed by atoms with E-state index in [4.69, 9.17) is 21.4 Å². The van der Waals surface area contributed by atoms with Crippen LogP contribution in [-0.2, 0) is 7.05 Å². The summed E-state index contributed by atoms with van der Waals surface area (Å²) in [5, 5.41) is 14.2. The summed E-state index contributed by atoms with van der Waals surface area (Å²) < 4.78 is 10.2. The van der Waals surface area contributed by atoms with Crippen LogP contribution < -0.4 is 10.1 Å². The quantitative estimate of drug-likeness (QED) is 0.472. The summed E-state index contributed by atoms with van der Waals surface area (Å²) in [6, 6.07) is 10.0. The lowest BCUT2D eigenvalue weighted by molar-refractivity contribution is 0.131. The summed E-state index contributed by atoms with van der Waals surface area (Å²) in [6.07, 6.45) is 9.92. The molecular formula is C23H25ClN6O. The molecule has 3 heterocycles. The Kier molecular flexibility index (Phi) is 5.28. The van der Waals surface area contributed by atoms with E-state index < -0.39 is 0 Å². The summed E-state index contributed by atoms with van der Waals surface area (Å²) in [5.74, 6) is 1.67. The average Bonchev–Trinajstić information content (AvgIpc) is 3.37. The molecule has 4 aromatic rings. The van der Waals surface area contributed by atoms with Gasteiger partial charge in [0.25, 0.3) is 0 Å². The molecule has 7 nitrogen and oxygen atoms in total. The number of nitrogens with one attached hydrogen (secondary N) is 1. The highest BCUT2D eigenvalue weighted by Gasteiger charge is 2.27. The maximum Gasteiger partial charge on any atom is 0.127 e. The average molecular weight is 437 g/mol. The second kappa shape index (κ2) is 8.23. The zero-order valence-electron chi connectivity index (χ0n) is 17.6. The molecule has 1 fully saturated rings. The van der Waals surface area contributed by atoms with Gasteiger partial charge in [0.1, 0.15) is 17.3 Å². The standard InChI is InChI=1S/C23H25ClN6O/c1-25-22-11-21-20(13-26-22)23(15-12-27-29(2)14-15)28-30(21)17-6-8-18(9-7-17)31-19-5-3-4-16(24)10-19/h3-5,10-14,17-18H,6-9H2,1-2H3,(H,25,26)/t17-,18+. The number of hydrogen-bond acceptors (Lipinski definition) is 5. The Morgan fingerprint density at radius 1 is 1.13 bits per heavy atom. The van der Waals surface area contributed by atoms with Crippen LogP contribution in [0, 0.1) is 0 Å². The van der Waals surface area contributed by atoms with Gasteiger partial charge in [-0.1, -0.05) is 17.7 Å². The number of aryl methyl sites for hydroxylation is 1. The molecule has 0 radical (unpaired) electrons. The van der Waals surface area contributed by atoms with Gasteiger partial charge in [-0.15, -0.1) is 0 Å². The Bertz CT molecular complexity index is 1210. The molecule has 1 saturated carbocycles. The van der Waals surface area contributed by atoms with Crippen molar-refractivity contribution in [3.05, 3.63) is 53.9 Å². The normalized spacial score (nSPS) is 18.9. The summed E-state index contributed by atoms with van der Waals surface area (Å²) >= 11 is 6.09. The number of fused-ring (bicyclic) bond motifs is 1. The van der Waals surface area contributed by atoms with Gasteiger partial charge < -0.3 is 10.1 Å². The fourth-order valence-electron chi connectivity index (χ4n) is 4.34. The molecule has 0 amide bonds. The van der Waals surface area contributed by atoms with Crippen molar-refractivity contribution in [2.75, 3.05) is 12.4 Å². The first-order valence-corrected chi connectivity index (χ1v) is 11.0. The van der Waals surface area contributed by atoms with Crippen molar-refractivity contribution in [2.24, 2.45) is 7.05 Å². The van der Waals surface area contributed by atoms with Crippen molar-refractivity contribution in [3.63, 3.8) is 0 Å². The Hall–Kier alpha value is -3.06. The molecule has 0 saturated heterocycles. The predicted octanol–water partition coefficient (Wildman–Crippen LogP) is 5.09. The minimum absolute atomic E-state index is 0.198. The zero-order valence-corrected chi connectivity index (χ0v) is 18.4.